The molecule has 0 bridgehead atoms. The number of nitrogens with zero attached hydrogens (tertiary/aromatic N) is 2. The van der Waals surface area contributed by atoms with E-state index in [4.69, 9.17) is 4.74 Å². The Kier molecular flexibility index (Phi) is 4.23. The third-order valence-corrected chi connectivity index (χ3v) is 5.46. The molecule has 5 rings (SSSR count). The number of aromatic nitrogens is 2. The van der Waals surface area contributed by atoms with Gasteiger partial charge in [0.15, 0.2) is 0 Å². The van der Waals surface area contributed by atoms with E-state index in [2.05, 4.69) is 0 Å². The molecule has 0 saturated heterocycles. The van der Waals surface area contributed by atoms with E-state index in [1.54, 1.807) is 24.3 Å². The Hall–Kier alpha value is -4.59. The summed E-state index contributed by atoms with van der Waals surface area (Å²) in [6.07, 6.45) is 2.94. The van der Waals surface area contributed by atoms with E-state index < -0.39 is 5.97 Å². The second-order valence-corrected chi connectivity index (χ2v) is 7.35. The van der Waals surface area contributed by atoms with Gasteiger partial charge in [-0.3, -0.25) is 9.13 Å². The van der Waals surface area contributed by atoms with Crippen molar-refractivity contribution in [2.45, 2.75) is 0 Å². The first kappa shape index (κ1) is 19.4. The fourth-order valence-corrected chi connectivity index (χ4v) is 3.90. The van der Waals surface area contributed by atoms with Crippen LogP contribution in [0.15, 0.2) is 60.7 Å². The second-order valence-electron chi connectivity index (χ2n) is 7.35. The molecule has 160 valence electrons. The lowest BCUT2D eigenvalue weighted by molar-refractivity contribution is -0.128. The predicted octanol–water partition coefficient (Wildman–Crippen LogP) is 3.90. The highest BCUT2D eigenvalue weighted by atomic mass is 16.5. The Balaban J connectivity index is 1.45. The predicted molar refractivity (Wildman–Crippen MR) is 117 cm³/mol. The lowest BCUT2D eigenvalue weighted by atomic mass is 9.86. The summed E-state index contributed by atoms with van der Waals surface area (Å²) in [5, 5.41) is 41.9. The van der Waals surface area contributed by atoms with Gasteiger partial charge in [0, 0.05) is 19.2 Å². The van der Waals surface area contributed by atoms with Gasteiger partial charge in [0.25, 0.3) is 0 Å². The first-order valence-electron chi connectivity index (χ1n) is 9.71. The van der Waals surface area contributed by atoms with Gasteiger partial charge in [-0.2, -0.15) is 0 Å². The summed E-state index contributed by atoms with van der Waals surface area (Å²) in [5.41, 5.74) is 2.18. The molecule has 0 atom stereocenters. The number of rotatable bonds is 4. The van der Waals surface area contributed by atoms with Crippen molar-refractivity contribution < 1.29 is 30.0 Å². The molecule has 2 aromatic carbocycles. The fraction of sp³-hybridized carbons (Fsp3) is 0.0417. The highest BCUT2D eigenvalue weighted by Crippen LogP contribution is 2.65. The van der Waals surface area contributed by atoms with Gasteiger partial charge < -0.3 is 25.2 Å². The molecule has 8 nitrogen and oxygen atoms in total. The number of ether oxygens (including phenoxy) is 1. The van der Waals surface area contributed by atoms with Gasteiger partial charge in [-0.25, -0.2) is 4.79 Å². The zero-order valence-electron chi connectivity index (χ0n) is 16.9. The van der Waals surface area contributed by atoms with E-state index >= 15 is 0 Å². The van der Waals surface area contributed by atoms with E-state index in [0.717, 1.165) is 14.7 Å². The first-order valence-corrected chi connectivity index (χ1v) is 9.71. The molecular formula is C24H18N2O6. The minimum atomic E-state index is -0.583. The van der Waals surface area contributed by atoms with Crippen LogP contribution in [0.2, 0.25) is 0 Å². The van der Waals surface area contributed by atoms with Crippen molar-refractivity contribution in [2.24, 2.45) is 7.05 Å². The lowest BCUT2D eigenvalue weighted by Gasteiger charge is -2.14. The van der Waals surface area contributed by atoms with E-state index in [0.29, 0.717) is 5.69 Å². The topological polar surface area (TPSA) is 117 Å². The van der Waals surface area contributed by atoms with Gasteiger partial charge in [0.1, 0.15) is 5.75 Å². The highest BCUT2D eigenvalue weighted by molar-refractivity contribution is 6.12. The van der Waals surface area contributed by atoms with Crippen LogP contribution in [0, 0.1) is 0 Å². The average Bonchev–Trinajstić information content (AvgIpc) is 3.08. The summed E-state index contributed by atoms with van der Waals surface area (Å²) in [5.74, 6) is -1.42. The molecule has 0 unspecified atom stereocenters. The van der Waals surface area contributed by atoms with E-state index in [-0.39, 0.29) is 51.5 Å². The Labute approximate surface area is 182 Å². The van der Waals surface area contributed by atoms with Gasteiger partial charge in [-0.1, -0.05) is 36.4 Å². The molecule has 32 heavy (non-hydrogen) atoms. The van der Waals surface area contributed by atoms with Crippen LogP contribution in [0.5, 0.6) is 29.3 Å². The van der Waals surface area contributed by atoms with E-state index in [1.165, 1.54) is 19.2 Å². The second kappa shape index (κ2) is 6.98. The van der Waals surface area contributed by atoms with Crippen LogP contribution in [0.4, 0.5) is 0 Å². The third-order valence-electron chi connectivity index (χ3n) is 5.46. The summed E-state index contributed by atoms with van der Waals surface area (Å²) in [4.78, 5) is 12.2. The van der Waals surface area contributed by atoms with Gasteiger partial charge in [0.05, 0.1) is 27.9 Å². The molecular weight excluding hydrogens is 412 g/mol. The zero-order valence-corrected chi connectivity index (χ0v) is 16.9. The maximum absolute atomic E-state index is 12.2. The number of hydrogen-bond donors (Lipinski definition) is 4. The van der Waals surface area contributed by atoms with E-state index in [1.807, 2.05) is 30.3 Å². The van der Waals surface area contributed by atoms with Crippen molar-refractivity contribution in [3.63, 3.8) is 0 Å². The van der Waals surface area contributed by atoms with Gasteiger partial charge >= 0.3 is 5.97 Å². The Bertz CT molecular complexity index is 1360. The molecule has 0 saturated carbocycles. The number of benzene rings is 2. The maximum atomic E-state index is 12.2. The van der Waals surface area contributed by atoms with Crippen LogP contribution in [-0.4, -0.2) is 35.5 Å². The van der Waals surface area contributed by atoms with Crippen molar-refractivity contribution in [1.29, 1.82) is 0 Å². The Morgan fingerprint density at radius 1 is 0.812 bits per heavy atom. The Morgan fingerprint density at radius 3 is 2.03 bits per heavy atom. The summed E-state index contributed by atoms with van der Waals surface area (Å²) in [6.45, 7) is 0. The highest BCUT2D eigenvalue weighted by Gasteiger charge is 2.42. The molecule has 8 heteroatoms. The monoisotopic (exact) mass is 430 g/mol. The minimum Gasteiger partial charge on any atom is -0.494 e. The van der Waals surface area contributed by atoms with E-state index in [9.17, 15) is 25.2 Å². The first-order chi connectivity index (χ1) is 15.4. The van der Waals surface area contributed by atoms with Crippen molar-refractivity contribution in [3.8, 4) is 57.2 Å². The van der Waals surface area contributed by atoms with Crippen LogP contribution >= 0.6 is 0 Å². The molecule has 0 aliphatic heterocycles. The molecule has 0 radical (unpaired) electrons. The summed E-state index contributed by atoms with van der Waals surface area (Å²) in [6, 6.07) is 15.6. The molecule has 0 fully saturated rings. The molecule has 4 aromatic rings. The van der Waals surface area contributed by atoms with Crippen LogP contribution in [-0.2, 0) is 11.8 Å². The number of fused-ring (bicyclic) bond motifs is 4. The summed E-state index contributed by atoms with van der Waals surface area (Å²) >= 11 is 0. The number of carbonyl (C=O) groups excluding carboxylic acids is 1. The van der Waals surface area contributed by atoms with Crippen LogP contribution in [0.25, 0.3) is 34.0 Å². The summed E-state index contributed by atoms with van der Waals surface area (Å²) < 4.78 is 7.66. The quantitative estimate of drug-likeness (QED) is 0.195. The standard InChI is InChI=1S/C24H18N2O6/c1-25-21(28)17-18(22(25)29)20-19(17)23(30)26(24(20)31)14-8-5-9-15(12-14)32-16(27)11-10-13-6-3-2-4-7-13/h2-12,28-31H,1H3. The van der Waals surface area contributed by atoms with Crippen LogP contribution in [0.3, 0.4) is 0 Å². The molecule has 4 N–H and O–H groups in total. The molecule has 2 aromatic heterocycles. The van der Waals surface area contributed by atoms with Crippen LogP contribution < -0.4 is 4.74 Å². The van der Waals surface area contributed by atoms with Crippen LogP contribution in [0.1, 0.15) is 5.56 Å². The zero-order chi connectivity index (χ0) is 22.6. The molecule has 2 heterocycles. The molecule has 1 aliphatic carbocycles. The number of carbonyl (C=O) groups is 1. The van der Waals surface area contributed by atoms with Gasteiger partial charge in [0.2, 0.25) is 23.5 Å². The van der Waals surface area contributed by atoms with Crippen molar-refractivity contribution in [1.82, 2.24) is 9.13 Å². The Morgan fingerprint density at radius 2 is 1.41 bits per heavy atom. The number of hydrogen-bond acceptors (Lipinski definition) is 6. The maximum Gasteiger partial charge on any atom is 0.336 e. The summed E-state index contributed by atoms with van der Waals surface area (Å²) in [7, 11) is 1.47. The third kappa shape index (κ3) is 2.73. The molecule has 0 spiro atoms. The van der Waals surface area contributed by atoms with Gasteiger partial charge in [-0.05, 0) is 23.8 Å². The SMILES string of the molecule is Cn1c(O)c2c(c1O)-c1c-2c(O)n(-c2cccc(OC(=O)C=Cc3ccccc3)c2)c1O. The largest absolute Gasteiger partial charge is 0.494 e. The number of aromatic hydroxyl groups is 4. The van der Waals surface area contributed by atoms with Crippen molar-refractivity contribution >= 4 is 12.0 Å². The normalized spacial score (nSPS) is 11.8. The fourth-order valence-electron chi connectivity index (χ4n) is 3.90. The average molecular weight is 430 g/mol. The number of esters is 1. The molecule has 1 aliphatic rings. The minimum absolute atomic E-state index is 0.212. The lowest BCUT2D eigenvalue weighted by Crippen LogP contribution is -2.04. The van der Waals surface area contributed by atoms with Crippen molar-refractivity contribution in [2.75, 3.05) is 0 Å². The smallest absolute Gasteiger partial charge is 0.336 e. The van der Waals surface area contributed by atoms with Gasteiger partial charge in [-0.15, -0.1) is 0 Å². The molecule has 0 amide bonds. The van der Waals surface area contributed by atoms with Crippen molar-refractivity contribution in [3.05, 3.63) is 66.2 Å².